The van der Waals surface area contributed by atoms with Gasteiger partial charge in [0.2, 0.25) is 5.91 Å². The molecule has 0 saturated heterocycles. The third-order valence-electron chi connectivity index (χ3n) is 4.21. The fourth-order valence-electron chi connectivity index (χ4n) is 2.67. The van der Waals surface area contributed by atoms with Gasteiger partial charge in [-0.05, 0) is 51.0 Å². The lowest BCUT2D eigenvalue weighted by Crippen LogP contribution is -2.23. The van der Waals surface area contributed by atoms with Crippen LogP contribution in [0.2, 0.25) is 0 Å². The number of amides is 1. The van der Waals surface area contributed by atoms with E-state index in [2.05, 4.69) is 28.5 Å². The molecule has 0 aliphatic rings. The number of aromatic nitrogens is 3. The number of para-hydroxylation sites is 2. The van der Waals surface area contributed by atoms with Gasteiger partial charge in [-0.25, -0.2) is 0 Å². The summed E-state index contributed by atoms with van der Waals surface area (Å²) in [5.41, 5.74) is 4.04. The van der Waals surface area contributed by atoms with Gasteiger partial charge in [-0.15, -0.1) is 10.2 Å². The van der Waals surface area contributed by atoms with E-state index in [-0.39, 0.29) is 11.2 Å². The second-order valence-electron chi connectivity index (χ2n) is 6.22. The van der Waals surface area contributed by atoms with E-state index < -0.39 is 0 Å². The predicted molar refractivity (Wildman–Crippen MR) is 106 cm³/mol. The van der Waals surface area contributed by atoms with E-state index in [0.717, 1.165) is 28.3 Å². The highest BCUT2D eigenvalue weighted by Gasteiger charge is 2.21. The molecule has 1 N–H and O–H groups in total. The molecule has 1 aromatic heterocycles. The van der Waals surface area contributed by atoms with Crippen molar-refractivity contribution < 1.29 is 4.79 Å². The molecule has 0 aliphatic heterocycles. The summed E-state index contributed by atoms with van der Waals surface area (Å²) < 4.78 is 2.00. The molecular weight excluding hydrogens is 344 g/mol. The highest BCUT2D eigenvalue weighted by atomic mass is 32.2. The van der Waals surface area contributed by atoms with Crippen LogP contribution in [0, 0.1) is 20.8 Å². The maximum absolute atomic E-state index is 12.6. The molecule has 0 aliphatic carbocycles. The summed E-state index contributed by atoms with van der Waals surface area (Å²) in [5.74, 6) is 0.745. The van der Waals surface area contributed by atoms with Gasteiger partial charge in [0, 0.05) is 5.69 Å². The Bertz CT molecular complexity index is 935. The second kappa shape index (κ2) is 7.74. The summed E-state index contributed by atoms with van der Waals surface area (Å²) >= 11 is 1.41. The summed E-state index contributed by atoms with van der Waals surface area (Å²) in [5, 5.41) is 11.9. The zero-order valence-electron chi connectivity index (χ0n) is 15.4. The Balaban J connectivity index is 1.80. The molecular formula is C20H22N4OS. The van der Waals surface area contributed by atoms with Crippen molar-refractivity contribution in [3.63, 3.8) is 0 Å². The fraction of sp³-hybridized carbons (Fsp3) is 0.250. The third-order valence-corrected chi connectivity index (χ3v) is 5.25. The first-order valence-corrected chi connectivity index (χ1v) is 9.36. The summed E-state index contributed by atoms with van der Waals surface area (Å²) in [6.07, 6.45) is 0. The second-order valence-corrected chi connectivity index (χ2v) is 7.52. The van der Waals surface area contributed by atoms with Gasteiger partial charge in [0.1, 0.15) is 5.82 Å². The number of benzene rings is 2. The lowest BCUT2D eigenvalue weighted by Gasteiger charge is -2.15. The van der Waals surface area contributed by atoms with E-state index in [4.69, 9.17) is 0 Å². The highest BCUT2D eigenvalue weighted by molar-refractivity contribution is 8.00. The molecule has 3 rings (SSSR count). The number of rotatable bonds is 5. The fourth-order valence-corrected chi connectivity index (χ4v) is 3.58. The Kier molecular flexibility index (Phi) is 5.42. The highest BCUT2D eigenvalue weighted by Crippen LogP contribution is 2.27. The minimum atomic E-state index is -0.305. The van der Waals surface area contributed by atoms with E-state index in [9.17, 15) is 4.79 Å². The normalized spacial score (nSPS) is 12.0. The van der Waals surface area contributed by atoms with E-state index in [1.54, 1.807) is 0 Å². The largest absolute Gasteiger partial charge is 0.325 e. The minimum Gasteiger partial charge on any atom is -0.325 e. The van der Waals surface area contributed by atoms with Gasteiger partial charge < -0.3 is 5.32 Å². The number of carbonyl (C=O) groups excluding carboxylic acids is 1. The van der Waals surface area contributed by atoms with Crippen LogP contribution in [0.5, 0.6) is 0 Å². The molecule has 26 heavy (non-hydrogen) atoms. The molecule has 6 heteroatoms. The Morgan fingerprint density at radius 3 is 2.35 bits per heavy atom. The van der Waals surface area contributed by atoms with Crippen LogP contribution >= 0.6 is 11.8 Å². The quantitative estimate of drug-likeness (QED) is 0.684. The molecule has 1 heterocycles. The number of aryl methyl sites for hydroxylation is 3. The van der Waals surface area contributed by atoms with Crippen LogP contribution in [0.3, 0.4) is 0 Å². The standard InChI is InChI=1S/C20H22N4OS/c1-13-9-5-7-11-17(13)21-19(25)15(3)26-20-23-22-16(4)24(20)18-12-8-6-10-14(18)2/h5-12,15H,1-4H3,(H,21,25). The molecule has 5 nitrogen and oxygen atoms in total. The van der Waals surface area contributed by atoms with Crippen molar-refractivity contribution in [2.45, 2.75) is 38.1 Å². The molecule has 2 aromatic carbocycles. The Hall–Kier alpha value is -2.60. The van der Waals surface area contributed by atoms with E-state index in [1.165, 1.54) is 11.8 Å². The summed E-state index contributed by atoms with van der Waals surface area (Å²) in [4.78, 5) is 12.6. The van der Waals surface area contributed by atoms with E-state index in [1.807, 2.05) is 67.8 Å². The van der Waals surface area contributed by atoms with Crippen LogP contribution < -0.4 is 5.32 Å². The van der Waals surface area contributed by atoms with Gasteiger partial charge in [0.05, 0.1) is 10.9 Å². The topological polar surface area (TPSA) is 59.8 Å². The minimum absolute atomic E-state index is 0.0544. The molecule has 0 saturated carbocycles. The third kappa shape index (κ3) is 3.80. The van der Waals surface area contributed by atoms with E-state index in [0.29, 0.717) is 5.16 Å². The predicted octanol–water partition coefficient (Wildman–Crippen LogP) is 4.31. The molecule has 3 aromatic rings. The van der Waals surface area contributed by atoms with Crippen molar-refractivity contribution in [1.29, 1.82) is 0 Å². The number of anilines is 1. The molecule has 0 radical (unpaired) electrons. The van der Waals surface area contributed by atoms with Crippen molar-refractivity contribution >= 4 is 23.4 Å². The average molecular weight is 366 g/mol. The van der Waals surface area contributed by atoms with E-state index >= 15 is 0 Å². The van der Waals surface area contributed by atoms with Crippen LogP contribution in [0.15, 0.2) is 53.7 Å². The molecule has 0 bridgehead atoms. The van der Waals surface area contributed by atoms with Gasteiger partial charge in [0.25, 0.3) is 0 Å². The Labute approximate surface area is 157 Å². The van der Waals surface area contributed by atoms with Crippen LogP contribution in [-0.4, -0.2) is 25.9 Å². The number of nitrogens with zero attached hydrogens (tertiary/aromatic N) is 3. The Morgan fingerprint density at radius 2 is 1.65 bits per heavy atom. The first-order valence-electron chi connectivity index (χ1n) is 8.48. The number of carbonyl (C=O) groups is 1. The summed E-state index contributed by atoms with van der Waals surface area (Å²) in [6, 6.07) is 15.8. The van der Waals surface area contributed by atoms with Gasteiger partial charge in [-0.2, -0.15) is 0 Å². The number of thioether (sulfide) groups is 1. The van der Waals surface area contributed by atoms with Gasteiger partial charge in [0.15, 0.2) is 5.16 Å². The molecule has 1 atom stereocenters. The Morgan fingerprint density at radius 1 is 1.00 bits per heavy atom. The number of hydrogen-bond acceptors (Lipinski definition) is 4. The van der Waals surface area contributed by atoms with Crippen molar-refractivity contribution in [2.24, 2.45) is 0 Å². The van der Waals surface area contributed by atoms with Crippen molar-refractivity contribution in [3.05, 3.63) is 65.5 Å². The summed E-state index contributed by atoms with van der Waals surface area (Å²) in [7, 11) is 0. The molecule has 0 spiro atoms. The zero-order valence-corrected chi connectivity index (χ0v) is 16.2. The lowest BCUT2D eigenvalue weighted by molar-refractivity contribution is -0.115. The summed E-state index contributed by atoms with van der Waals surface area (Å²) in [6.45, 7) is 7.83. The first kappa shape index (κ1) is 18.2. The van der Waals surface area contributed by atoms with Crippen LogP contribution in [0.25, 0.3) is 5.69 Å². The maximum atomic E-state index is 12.6. The smallest absolute Gasteiger partial charge is 0.237 e. The first-order chi connectivity index (χ1) is 12.5. The molecule has 1 amide bonds. The molecule has 1 unspecified atom stereocenters. The van der Waals surface area contributed by atoms with Crippen molar-refractivity contribution in [1.82, 2.24) is 14.8 Å². The molecule has 134 valence electrons. The van der Waals surface area contributed by atoms with Gasteiger partial charge in [-0.1, -0.05) is 48.2 Å². The zero-order chi connectivity index (χ0) is 18.7. The van der Waals surface area contributed by atoms with Crippen molar-refractivity contribution in [2.75, 3.05) is 5.32 Å². The maximum Gasteiger partial charge on any atom is 0.237 e. The van der Waals surface area contributed by atoms with Crippen LogP contribution in [0.1, 0.15) is 23.9 Å². The average Bonchev–Trinajstić information content (AvgIpc) is 2.97. The van der Waals surface area contributed by atoms with Crippen LogP contribution in [0.4, 0.5) is 5.69 Å². The number of nitrogens with one attached hydrogen (secondary N) is 1. The number of hydrogen-bond donors (Lipinski definition) is 1. The monoisotopic (exact) mass is 366 g/mol. The lowest BCUT2D eigenvalue weighted by atomic mass is 10.2. The molecule has 0 fully saturated rings. The van der Waals surface area contributed by atoms with Crippen LogP contribution in [-0.2, 0) is 4.79 Å². The van der Waals surface area contributed by atoms with Crippen molar-refractivity contribution in [3.8, 4) is 5.69 Å². The van der Waals surface area contributed by atoms with Gasteiger partial charge in [-0.3, -0.25) is 9.36 Å². The SMILES string of the molecule is Cc1ccccc1NC(=O)C(C)Sc1nnc(C)n1-c1ccccc1C. The van der Waals surface area contributed by atoms with Gasteiger partial charge >= 0.3 is 0 Å².